The topological polar surface area (TPSA) is 21.3 Å². The predicted octanol–water partition coefficient (Wildman–Crippen LogP) is 3.65. The Hall–Kier alpha value is -1.16. The molecule has 1 rings (SSSR count). The van der Waals surface area contributed by atoms with Crippen LogP contribution in [0.25, 0.3) is 0 Å². The Morgan fingerprint density at radius 2 is 2.11 bits per heavy atom. The van der Waals surface area contributed by atoms with E-state index < -0.39 is 6.43 Å². The molecule has 0 aromatic heterocycles. The Labute approximate surface area is 114 Å². The molecule has 0 spiro atoms. The van der Waals surface area contributed by atoms with Crippen molar-refractivity contribution in [2.24, 2.45) is 0 Å². The number of benzene rings is 1. The molecule has 1 N–H and O–H groups in total. The van der Waals surface area contributed by atoms with Crippen LogP contribution in [0.3, 0.4) is 0 Å². The fraction of sp³-hybridized carbons (Fsp3) is 0.600. The highest BCUT2D eigenvalue weighted by atomic mass is 19.3. The van der Waals surface area contributed by atoms with Crippen LogP contribution < -0.4 is 10.1 Å². The summed E-state index contributed by atoms with van der Waals surface area (Å²) in [6.07, 6.45) is 0.564. The van der Waals surface area contributed by atoms with E-state index in [9.17, 15) is 8.78 Å². The summed E-state index contributed by atoms with van der Waals surface area (Å²) in [6, 6.07) is 7.87. The van der Waals surface area contributed by atoms with Crippen molar-refractivity contribution in [2.75, 3.05) is 13.2 Å². The minimum atomic E-state index is -2.30. The number of alkyl halides is 2. The number of halogens is 2. The fourth-order valence-corrected chi connectivity index (χ4v) is 1.81. The molecule has 4 heteroatoms. The van der Waals surface area contributed by atoms with Gasteiger partial charge in [-0.3, -0.25) is 0 Å². The first-order valence-electron chi connectivity index (χ1n) is 6.85. The van der Waals surface area contributed by atoms with E-state index in [1.165, 1.54) is 0 Å². The van der Waals surface area contributed by atoms with E-state index in [1.54, 1.807) is 0 Å². The molecule has 0 aliphatic rings. The summed E-state index contributed by atoms with van der Waals surface area (Å²) < 4.78 is 29.8. The van der Waals surface area contributed by atoms with E-state index in [2.05, 4.69) is 12.2 Å². The van der Waals surface area contributed by atoms with E-state index in [4.69, 9.17) is 4.74 Å². The van der Waals surface area contributed by atoms with Crippen LogP contribution in [0.2, 0.25) is 0 Å². The number of ether oxygens (including phenoxy) is 1. The van der Waals surface area contributed by atoms with Gasteiger partial charge >= 0.3 is 0 Å². The Balaban J connectivity index is 2.42. The quantitative estimate of drug-likeness (QED) is 0.692. The maximum atomic E-state index is 12.1. The summed E-state index contributed by atoms with van der Waals surface area (Å²) in [5.74, 6) is 0.854. The molecule has 2 nitrogen and oxygen atoms in total. The maximum absolute atomic E-state index is 12.1. The second-order valence-corrected chi connectivity index (χ2v) is 4.75. The molecule has 19 heavy (non-hydrogen) atoms. The standard InChI is InChI=1S/C15H23F2NO/c1-3-4-8-19-14-7-5-6-13(10-14)9-12(2)18-11-15(16)17/h5-7,10,12,15,18H,3-4,8-9,11H2,1-2H3/t12-/m1/s1. The first-order valence-corrected chi connectivity index (χ1v) is 6.85. The lowest BCUT2D eigenvalue weighted by atomic mass is 10.1. The Kier molecular flexibility index (Phi) is 7.41. The molecule has 0 aliphatic carbocycles. The average molecular weight is 271 g/mol. The van der Waals surface area contributed by atoms with Crippen molar-refractivity contribution >= 4 is 0 Å². The summed E-state index contributed by atoms with van der Waals surface area (Å²) in [4.78, 5) is 0. The summed E-state index contributed by atoms with van der Waals surface area (Å²) in [5.41, 5.74) is 1.10. The predicted molar refractivity (Wildman–Crippen MR) is 74.0 cm³/mol. The molecule has 0 heterocycles. The lowest BCUT2D eigenvalue weighted by Gasteiger charge is -2.14. The molecule has 0 saturated heterocycles. The Bertz CT molecular complexity index is 358. The van der Waals surface area contributed by atoms with Crippen LogP contribution in [0.4, 0.5) is 8.78 Å². The number of hydrogen-bond acceptors (Lipinski definition) is 2. The molecule has 0 saturated carbocycles. The van der Waals surface area contributed by atoms with E-state index in [0.717, 1.165) is 37.2 Å². The van der Waals surface area contributed by atoms with Gasteiger partial charge in [0.2, 0.25) is 0 Å². The second kappa shape index (κ2) is 8.86. The Morgan fingerprint density at radius 3 is 2.79 bits per heavy atom. The molecule has 0 bridgehead atoms. The molecule has 0 fully saturated rings. The minimum absolute atomic E-state index is 0.0277. The van der Waals surface area contributed by atoms with Gasteiger partial charge in [0.1, 0.15) is 5.75 Å². The van der Waals surface area contributed by atoms with E-state index in [1.807, 2.05) is 31.2 Å². The summed E-state index contributed by atoms with van der Waals surface area (Å²) >= 11 is 0. The Morgan fingerprint density at radius 1 is 1.32 bits per heavy atom. The van der Waals surface area contributed by atoms with Crippen LogP contribution in [0.15, 0.2) is 24.3 Å². The zero-order valence-electron chi connectivity index (χ0n) is 11.7. The lowest BCUT2D eigenvalue weighted by molar-refractivity contribution is 0.142. The van der Waals surface area contributed by atoms with Crippen molar-refractivity contribution in [2.45, 2.75) is 45.6 Å². The number of nitrogens with one attached hydrogen (secondary N) is 1. The molecule has 0 aliphatic heterocycles. The van der Waals surface area contributed by atoms with Gasteiger partial charge in [-0.05, 0) is 37.5 Å². The third kappa shape index (κ3) is 7.11. The number of hydrogen-bond donors (Lipinski definition) is 1. The molecule has 1 aromatic rings. The van der Waals surface area contributed by atoms with Crippen LogP contribution in [-0.4, -0.2) is 25.6 Å². The molecule has 0 unspecified atom stereocenters. The van der Waals surface area contributed by atoms with Crippen molar-refractivity contribution < 1.29 is 13.5 Å². The van der Waals surface area contributed by atoms with Gasteiger partial charge in [0.25, 0.3) is 6.43 Å². The van der Waals surface area contributed by atoms with Crippen molar-refractivity contribution in [1.29, 1.82) is 0 Å². The van der Waals surface area contributed by atoms with Crippen LogP contribution in [-0.2, 0) is 6.42 Å². The highest BCUT2D eigenvalue weighted by Gasteiger charge is 2.07. The molecular formula is C15H23F2NO. The fourth-order valence-electron chi connectivity index (χ4n) is 1.81. The molecule has 0 amide bonds. The van der Waals surface area contributed by atoms with Crippen molar-refractivity contribution in [1.82, 2.24) is 5.32 Å². The maximum Gasteiger partial charge on any atom is 0.250 e. The van der Waals surface area contributed by atoms with Gasteiger partial charge in [0, 0.05) is 6.04 Å². The third-order valence-electron chi connectivity index (χ3n) is 2.83. The van der Waals surface area contributed by atoms with Crippen LogP contribution in [0.1, 0.15) is 32.3 Å². The van der Waals surface area contributed by atoms with Gasteiger partial charge in [0.15, 0.2) is 0 Å². The van der Waals surface area contributed by atoms with Crippen LogP contribution in [0, 0.1) is 0 Å². The zero-order valence-corrected chi connectivity index (χ0v) is 11.7. The first kappa shape index (κ1) is 15.9. The number of rotatable bonds is 9. The van der Waals surface area contributed by atoms with Gasteiger partial charge in [-0.2, -0.15) is 0 Å². The lowest BCUT2D eigenvalue weighted by Crippen LogP contribution is -2.32. The van der Waals surface area contributed by atoms with E-state index in [-0.39, 0.29) is 12.6 Å². The van der Waals surface area contributed by atoms with Gasteiger partial charge in [-0.25, -0.2) is 8.78 Å². The van der Waals surface area contributed by atoms with Gasteiger partial charge < -0.3 is 10.1 Å². The third-order valence-corrected chi connectivity index (χ3v) is 2.83. The molecule has 1 aromatic carbocycles. The van der Waals surface area contributed by atoms with E-state index in [0.29, 0.717) is 0 Å². The highest BCUT2D eigenvalue weighted by molar-refractivity contribution is 5.29. The second-order valence-electron chi connectivity index (χ2n) is 4.75. The molecule has 0 radical (unpaired) electrons. The van der Waals surface area contributed by atoms with Gasteiger partial charge in [-0.15, -0.1) is 0 Å². The largest absolute Gasteiger partial charge is 0.494 e. The van der Waals surface area contributed by atoms with Crippen molar-refractivity contribution in [3.63, 3.8) is 0 Å². The highest BCUT2D eigenvalue weighted by Crippen LogP contribution is 2.15. The molecular weight excluding hydrogens is 248 g/mol. The van der Waals surface area contributed by atoms with Crippen LogP contribution >= 0.6 is 0 Å². The van der Waals surface area contributed by atoms with Crippen molar-refractivity contribution in [3.8, 4) is 5.75 Å². The minimum Gasteiger partial charge on any atom is -0.494 e. The summed E-state index contributed by atoms with van der Waals surface area (Å²) in [7, 11) is 0. The summed E-state index contributed by atoms with van der Waals surface area (Å²) in [6.45, 7) is 4.50. The van der Waals surface area contributed by atoms with E-state index >= 15 is 0 Å². The zero-order chi connectivity index (χ0) is 14.1. The van der Waals surface area contributed by atoms with Crippen LogP contribution in [0.5, 0.6) is 5.75 Å². The normalized spacial score (nSPS) is 12.7. The average Bonchev–Trinajstić information content (AvgIpc) is 2.37. The first-order chi connectivity index (χ1) is 9.11. The van der Waals surface area contributed by atoms with Crippen molar-refractivity contribution in [3.05, 3.63) is 29.8 Å². The molecule has 108 valence electrons. The van der Waals surface area contributed by atoms with Gasteiger partial charge in [-0.1, -0.05) is 25.5 Å². The summed E-state index contributed by atoms with van der Waals surface area (Å²) in [5, 5.41) is 2.81. The monoisotopic (exact) mass is 271 g/mol. The smallest absolute Gasteiger partial charge is 0.250 e. The SMILES string of the molecule is CCCCOc1cccc(C[C@@H](C)NCC(F)F)c1. The number of unbranched alkanes of at least 4 members (excludes halogenated alkanes) is 1. The van der Waals surface area contributed by atoms with Gasteiger partial charge in [0.05, 0.1) is 13.2 Å². The molecule has 1 atom stereocenters.